The van der Waals surface area contributed by atoms with Gasteiger partial charge in [0.25, 0.3) is 0 Å². The molecule has 0 saturated carbocycles. The molecule has 1 fully saturated rings. The summed E-state index contributed by atoms with van der Waals surface area (Å²) >= 11 is 5.84. The molecule has 24 heavy (non-hydrogen) atoms. The standard InChI is InChI=1S/C18H26ClN3O2/c1-13(2)12-16(17(23)22-10-4-3-5-11-22)21-18(24)20-15-8-6-14(19)7-9-15/h6-9,13,16H,3-5,10-12H2,1-2H3,(H2,20,21,24)/t16-/m1/s1. The van der Waals surface area contributed by atoms with E-state index in [4.69, 9.17) is 11.6 Å². The number of likely N-dealkylation sites (tertiary alicyclic amines) is 1. The maximum atomic E-state index is 12.7. The van der Waals surface area contributed by atoms with Gasteiger partial charge in [0.05, 0.1) is 0 Å². The number of nitrogens with one attached hydrogen (secondary N) is 2. The fraction of sp³-hybridized carbons (Fsp3) is 0.556. The number of carbonyl (C=O) groups excluding carboxylic acids is 2. The smallest absolute Gasteiger partial charge is 0.319 e. The molecule has 0 aromatic heterocycles. The number of amides is 3. The molecule has 1 aromatic carbocycles. The highest BCUT2D eigenvalue weighted by atomic mass is 35.5. The summed E-state index contributed by atoms with van der Waals surface area (Å²) in [6.45, 7) is 5.67. The molecule has 2 rings (SSSR count). The van der Waals surface area contributed by atoms with E-state index in [1.807, 2.05) is 4.90 Å². The van der Waals surface area contributed by atoms with Crippen molar-refractivity contribution in [1.82, 2.24) is 10.2 Å². The molecule has 0 radical (unpaired) electrons. The lowest BCUT2D eigenvalue weighted by atomic mass is 10.0. The minimum atomic E-state index is -0.490. The average Bonchev–Trinajstić information content (AvgIpc) is 2.56. The van der Waals surface area contributed by atoms with Crippen LogP contribution in [-0.4, -0.2) is 36.0 Å². The second-order valence-corrected chi connectivity index (χ2v) is 7.11. The Kier molecular flexibility index (Phi) is 6.91. The molecule has 6 heteroatoms. The fourth-order valence-electron chi connectivity index (χ4n) is 2.89. The Bertz CT molecular complexity index is 554. The molecule has 0 unspecified atom stereocenters. The molecule has 0 aliphatic carbocycles. The van der Waals surface area contributed by atoms with E-state index in [1.54, 1.807) is 24.3 Å². The summed E-state index contributed by atoms with van der Waals surface area (Å²) < 4.78 is 0. The Balaban J connectivity index is 1.97. The monoisotopic (exact) mass is 351 g/mol. The van der Waals surface area contributed by atoms with Crippen molar-refractivity contribution in [3.8, 4) is 0 Å². The quantitative estimate of drug-likeness (QED) is 0.845. The number of urea groups is 1. The largest absolute Gasteiger partial charge is 0.341 e. The van der Waals surface area contributed by atoms with Crippen LogP contribution in [0.4, 0.5) is 10.5 Å². The van der Waals surface area contributed by atoms with E-state index in [0.717, 1.165) is 25.9 Å². The summed E-state index contributed by atoms with van der Waals surface area (Å²) in [5, 5.41) is 6.20. The molecule has 1 atom stereocenters. The Labute approximate surface area is 148 Å². The van der Waals surface area contributed by atoms with Gasteiger partial charge in [-0.15, -0.1) is 0 Å². The van der Waals surface area contributed by atoms with Gasteiger partial charge in [-0.1, -0.05) is 25.4 Å². The molecule has 1 saturated heterocycles. The van der Waals surface area contributed by atoms with Gasteiger partial charge in [-0.3, -0.25) is 4.79 Å². The lowest BCUT2D eigenvalue weighted by molar-refractivity contribution is -0.134. The first kappa shape index (κ1) is 18.6. The minimum Gasteiger partial charge on any atom is -0.341 e. The number of hydrogen-bond donors (Lipinski definition) is 2. The van der Waals surface area contributed by atoms with Crippen molar-refractivity contribution in [3.63, 3.8) is 0 Å². The van der Waals surface area contributed by atoms with E-state index in [2.05, 4.69) is 24.5 Å². The Morgan fingerprint density at radius 2 is 1.75 bits per heavy atom. The van der Waals surface area contributed by atoms with Crippen LogP contribution in [0.5, 0.6) is 0 Å². The van der Waals surface area contributed by atoms with Crippen LogP contribution in [0.1, 0.15) is 39.5 Å². The first-order chi connectivity index (χ1) is 11.5. The van der Waals surface area contributed by atoms with Gasteiger partial charge in [-0.2, -0.15) is 0 Å². The molecule has 3 amide bonds. The predicted octanol–water partition coefficient (Wildman–Crippen LogP) is 3.89. The van der Waals surface area contributed by atoms with Crippen molar-refractivity contribution < 1.29 is 9.59 Å². The van der Waals surface area contributed by atoms with Gasteiger partial charge in [-0.05, 0) is 55.9 Å². The highest BCUT2D eigenvalue weighted by Crippen LogP contribution is 2.15. The number of halogens is 1. The van der Waals surface area contributed by atoms with Crippen LogP contribution >= 0.6 is 11.6 Å². The summed E-state index contributed by atoms with van der Waals surface area (Å²) in [5.41, 5.74) is 0.644. The molecular weight excluding hydrogens is 326 g/mol. The van der Waals surface area contributed by atoms with Crippen LogP contribution in [-0.2, 0) is 4.79 Å². The molecule has 1 aliphatic heterocycles. The van der Waals surface area contributed by atoms with Gasteiger partial charge in [0, 0.05) is 23.8 Å². The molecule has 1 aromatic rings. The third kappa shape index (κ3) is 5.71. The van der Waals surface area contributed by atoms with E-state index < -0.39 is 6.04 Å². The van der Waals surface area contributed by atoms with Crippen LogP contribution in [0.15, 0.2) is 24.3 Å². The van der Waals surface area contributed by atoms with Crippen molar-refractivity contribution in [3.05, 3.63) is 29.3 Å². The van der Waals surface area contributed by atoms with Crippen molar-refractivity contribution in [1.29, 1.82) is 0 Å². The molecule has 0 spiro atoms. The number of nitrogens with zero attached hydrogens (tertiary/aromatic N) is 1. The number of piperidine rings is 1. The number of benzene rings is 1. The lowest BCUT2D eigenvalue weighted by Gasteiger charge is -2.31. The van der Waals surface area contributed by atoms with E-state index in [0.29, 0.717) is 23.0 Å². The van der Waals surface area contributed by atoms with Crippen LogP contribution in [0.25, 0.3) is 0 Å². The highest BCUT2D eigenvalue weighted by molar-refractivity contribution is 6.30. The van der Waals surface area contributed by atoms with E-state index >= 15 is 0 Å². The van der Waals surface area contributed by atoms with Crippen LogP contribution in [0.2, 0.25) is 5.02 Å². The molecule has 132 valence electrons. The van der Waals surface area contributed by atoms with Crippen LogP contribution < -0.4 is 10.6 Å². The van der Waals surface area contributed by atoms with Gasteiger partial charge in [0.2, 0.25) is 5.91 Å². The lowest BCUT2D eigenvalue weighted by Crippen LogP contribution is -2.51. The third-order valence-electron chi connectivity index (χ3n) is 4.08. The fourth-order valence-corrected chi connectivity index (χ4v) is 3.01. The van der Waals surface area contributed by atoms with Gasteiger partial charge < -0.3 is 15.5 Å². The molecular formula is C18H26ClN3O2. The van der Waals surface area contributed by atoms with Gasteiger partial charge >= 0.3 is 6.03 Å². The average molecular weight is 352 g/mol. The van der Waals surface area contributed by atoms with Gasteiger partial charge in [-0.25, -0.2) is 4.79 Å². The zero-order valence-electron chi connectivity index (χ0n) is 14.3. The number of rotatable bonds is 5. The van der Waals surface area contributed by atoms with E-state index in [9.17, 15) is 9.59 Å². The summed E-state index contributed by atoms with van der Waals surface area (Å²) in [4.78, 5) is 26.9. The zero-order chi connectivity index (χ0) is 17.5. The molecule has 1 aliphatic rings. The summed E-state index contributed by atoms with van der Waals surface area (Å²) in [6, 6.07) is 6.02. The van der Waals surface area contributed by atoms with Crippen LogP contribution in [0.3, 0.4) is 0 Å². The summed E-state index contributed by atoms with van der Waals surface area (Å²) in [6.07, 6.45) is 3.88. The second-order valence-electron chi connectivity index (χ2n) is 6.67. The maximum Gasteiger partial charge on any atom is 0.319 e. The highest BCUT2D eigenvalue weighted by Gasteiger charge is 2.27. The second kappa shape index (κ2) is 8.92. The van der Waals surface area contributed by atoms with Crippen molar-refractivity contribution in [2.24, 2.45) is 5.92 Å². The molecule has 2 N–H and O–H groups in total. The number of hydrogen-bond acceptors (Lipinski definition) is 2. The van der Waals surface area contributed by atoms with Crippen LogP contribution in [0, 0.1) is 5.92 Å². The molecule has 5 nitrogen and oxygen atoms in total. The summed E-state index contributed by atoms with van der Waals surface area (Å²) in [7, 11) is 0. The number of anilines is 1. The van der Waals surface area contributed by atoms with E-state index in [-0.39, 0.29) is 11.9 Å². The Morgan fingerprint density at radius 1 is 1.12 bits per heavy atom. The van der Waals surface area contributed by atoms with Crippen molar-refractivity contribution in [2.45, 2.75) is 45.6 Å². The topological polar surface area (TPSA) is 61.4 Å². The van der Waals surface area contributed by atoms with Crippen molar-refractivity contribution >= 4 is 29.2 Å². The molecule has 1 heterocycles. The molecule has 0 bridgehead atoms. The predicted molar refractivity (Wildman–Crippen MR) is 97.3 cm³/mol. The SMILES string of the molecule is CC(C)C[C@@H](NC(=O)Nc1ccc(Cl)cc1)C(=O)N1CCCCC1. The number of carbonyl (C=O) groups is 2. The maximum absolute atomic E-state index is 12.7. The van der Waals surface area contributed by atoms with Crippen molar-refractivity contribution in [2.75, 3.05) is 18.4 Å². The first-order valence-corrected chi connectivity index (χ1v) is 8.95. The Morgan fingerprint density at radius 3 is 2.33 bits per heavy atom. The summed E-state index contributed by atoms with van der Waals surface area (Å²) in [5.74, 6) is 0.342. The van der Waals surface area contributed by atoms with E-state index in [1.165, 1.54) is 6.42 Å². The zero-order valence-corrected chi connectivity index (χ0v) is 15.1. The first-order valence-electron chi connectivity index (χ1n) is 8.57. The normalized spacial score (nSPS) is 15.9. The third-order valence-corrected chi connectivity index (χ3v) is 4.33. The Hall–Kier alpha value is -1.75. The van der Waals surface area contributed by atoms with Gasteiger partial charge in [0.15, 0.2) is 0 Å². The van der Waals surface area contributed by atoms with Gasteiger partial charge in [0.1, 0.15) is 6.04 Å². The minimum absolute atomic E-state index is 0.0228.